The predicted octanol–water partition coefficient (Wildman–Crippen LogP) is 3.41. The summed E-state index contributed by atoms with van der Waals surface area (Å²) in [6, 6.07) is 16.0. The molecule has 1 aliphatic rings. The highest BCUT2D eigenvalue weighted by Gasteiger charge is 2.14. The van der Waals surface area contributed by atoms with Gasteiger partial charge in [-0.15, -0.1) is 0 Å². The number of fused-ring (bicyclic) bond motifs is 1. The Kier molecular flexibility index (Phi) is 6.02. The predicted molar refractivity (Wildman–Crippen MR) is 112 cm³/mol. The van der Waals surface area contributed by atoms with E-state index in [-0.39, 0.29) is 5.56 Å². The number of aryl methyl sites for hydroxylation is 2. The average Bonchev–Trinajstić information content (AvgIpc) is 2.75. The standard InChI is InChI=1S/C23H27N3O2/c27-23-21-9-8-20(28-16-19-10-12-24-13-11-19)15-22(21)25-17-26(23)14-4-7-18-5-2-1-3-6-18/h1-3,5-6,8-9,15,17,19,24H,4,7,10-14,16H2. The summed E-state index contributed by atoms with van der Waals surface area (Å²) in [5, 5.41) is 4.02. The number of hydrogen-bond acceptors (Lipinski definition) is 4. The summed E-state index contributed by atoms with van der Waals surface area (Å²) in [5.41, 5.74) is 2.01. The summed E-state index contributed by atoms with van der Waals surface area (Å²) >= 11 is 0. The first-order chi connectivity index (χ1) is 13.8. The summed E-state index contributed by atoms with van der Waals surface area (Å²) in [7, 11) is 0. The van der Waals surface area contributed by atoms with E-state index in [0.29, 0.717) is 23.4 Å². The molecule has 1 N–H and O–H groups in total. The fourth-order valence-electron chi connectivity index (χ4n) is 3.75. The lowest BCUT2D eigenvalue weighted by atomic mass is 9.99. The number of nitrogens with zero attached hydrogens (tertiary/aromatic N) is 2. The summed E-state index contributed by atoms with van der Waals surface area (Å²) in [5.74, 6) is 1.39. The van der Waals surface area contributed by atoms with E-state index in [4.69, 9.17) is 4.74 Å². The second-order valence-electron chi connectivity index (χ2n) is 7.52. The normalized spacial score (nSPS) is 15.0. The first kappa shape index (κ1) is 18.7. The van der Waals surface area contributed by atoms with Gasteiger partial charge in [-0.2, -0.15) is 0 Å². The van der Waals surface area contributed by atoms with E-state index in [2.05, 4.69) is 22.4 Å². The van der Waals surface area contributed by atoms with E-state index in [1.807, 2.05) is 36.4 Å². The third kappa shape index (κ3) is 4.60. The van der Waals surface area contributed by atoms with Gasteiger partial charge in [-0.25, -0.2) is 4.98 Å². The summed E-state index contributed by atoms with van der Waals surface area (Å²) in [6.07, 6.45) is 5.83. The molecule has 0 spiro atoms. The lowest BCUT2D eigenvalue weighted by molar-refractivity contribution is 0.215. The Balaban J connectivity index is 1.40. The fraction of sp³-hybridized carbons (Fsp3) is 0.391. The SMILES string of the molecule is O=c1c2ccc(OCC3CCNCC3)cc2ncn1CCCc1ccccc1. The van der Waals surface area contributed by atoms with Crippen LogP contribution in [0.1, 0.15) is 24.8 Å². The third-order valence-corrected chi connectivity index (χ3v) is 5.45. The lowest BCUT2D eigenvalue weighted by Gasteiger charge is -2.22. The summed E-state index contributed by atoms with van der Waals surface area (Å²) in [4.78, 5) is 17.3. The van der Waals surface area contributed by atoms with Crippen LogP contribution in [0.15, 0.2) is 59.7 Å². The van der Waals surface area contributed by atoms with Crippen molar-refractivity contribution < 1.29 is 4.74 Å². The lowest BCUT2D eigenvalue weighted by Crippen LogP contribution is -2.30. The summed E-state index contributed by atoms with van der Waals surface area (Å²) in [6.45, 7) is 3.53. The van der Waals surface area contributed by atoms with Crippen molar-refractivity contribution >= 4 is 10.9 Å². The maximum atomic E-state index is 12.8. The molecule has 3 aromatic rings. The monoisotopic (exact) mass is 377 g/mol. The van der Waals surface area contributed by atoms with Crippen molar-refractivity contribution in [2.75, 3.05) is 19.7 Å². The van der Waals surface area contributed by atoms with Crippen LogP contribution in [0, 0.1) is 5.92 Å². The number of aromatic nitrogens is 2. The van der Waals surface area contributed by atoms with Gasteiger partial charge in [0.25, 0.3) is 5.56 Å². The number of piperidine rings is 1. The van der Waals surface area contributed by atoms with Gasteiger partial charge >= 0.3 is 0 Å². The van der Waals surface area contributed by atoms with Gasteiger partial charge in [-0.3, -0.25) is 9.36 Å². The molecule has 1 aliphatic heterocycles. The molecule has 28 heavy (non-hydrogen) atoms. The minimum Gasteiger partial charge on any atom is -0.493 e. The quantitative estimate of drug-likeness (QED) is 0.686. The zero-order valence-electron chi connectivity index (χ0n) is 16.1. The molecular weight excluding hydrogens is 350 g/mol. The zero-order valence-corrected chi connectivity index (χ0v) is 16.1. The van der Waals surface area contributed by atoms with Crippen molar-refractivity contribution in [2.24, 2.45) is 5.92 Å². The molecule has 0 atom stereocenters. The van der Waals surface area contributed by atoms with Gasteiger partial charge in [0, 0.05) is 12.6 Å². The van der Waals surface area contributed by atoms with Crippen molar-refractivity contribution in [3.63, 3.8) is 0 Å². The Morgan fingerprint density at radius 3 is 2.75 bits per heavy atom. The highest BCUT2D eigenvalue weighted by molar-refractivity contribution is 5.78. The number of benzene rings is 2. The minimum absolute atomic E-state index is 0.0166. The zero-order chi connectivity index (χ0) is 19.2. The first-order valence-corrected chi connectivity index (χ1v) is 10.2. The summed E-state index contributed by atoms with van der Waals surface area (Å²) < 4.78 is 7.67. The Morgan fingerprint density at radius 2 is 1.93 bits per heavy atom. The van der Waals surface area contributed by atoms with Gasteiger partial charge in [-0.05, 0) is 62.4 Å². The van der Waals surface area contributed by atoms with Crippen LogP contribution in [-0.2, 0) is 13.0 Å². The van der Waals surface area contributed by atoms with E-state index in [0.717, 1.165) is 51.1 Å². The molecule has 0 aliphatic carbocycles. The van der Waals surface area contributed by atoms with E-state index in [1.165, 1.54) is 5.56 Å². The molecule has 146 valence electrons. The second-order valence-corrected chi connectivity index (χ2v) is 7.52. The number of ether oxygens (including phenoxy) is 1. The molecule has 5 heteroatoms. The Morgan fingerprint density at radius 1 is 1.11 bits per heavy atom. The van der Waals surface area contributed by atoms with Crippen LogP contribution in [0.4, 0.5) is 0 Å². The van der Waals surface area contributed by atoms with Gasteiger partial charge in [0.05, 0.1) is 23.8 Å². The highest BCUT2D eigenvalue weighted by Crippen LogP contribution is 2.19. The van der Waals surface area contributed by atoms with E-state index in [9.17, 15) is 4.79 Å². The Hall–Kier alpha value is -2.66. The van der Waals surface area contributed by atoms with E-state index >= 15 is 0 Å². The molecule has 0 amide bonds. The maximum absolute atomic E-state index is 12.8. The van der Waals surface area contributed by atoms with Crippen LogP contribution in [-0.4, -0.2) is 29.2 Å². The fourth-order valence-corrected chi connectivity index (χ4v) is 3.75. The average molecular weight is 377 g/mol. The smallest absolute Gasteiger partial charge is 0.261 e. The highest BCUT2D eigenvalue weighted by atomic mass is 16.5. The van der Waals surface area contributed by atoms with Crippen molar-refractivity contribution in [3.05, 3.63) is 70.8 Å². The molecule has 0 unspecified atom stereocenters. The van der Waals surface area contributed by atoms with Gasteiger partial charge in [0.2, 0.25) is 0 Å². The first-order valence-electron chi connectivity index (χ1n) is 10.2. The largest absolute Gasteiger partial charge is 0.493 e. The minimum atomic E-state index is 0.0166. The van der Waals surface area contributed by atoms with Crippen LogP contribution in [0.5, 0.6) is 5.75 Å². The van der Waals surface area contributed by atoms with Gasteiger partial charge < -0.3 is 10.1 Å². The van der Waals surface area contributed by atoms with Crippen molar-refractivity contribution in [2.45, 2.75) is 32.2 Å². The topological polar surface area (TPSA) is 56.1 Å². The second kappa shape index (κ2) is 9.02. The van der Waals surface area contributed by atoms with Crippen molar-refractivity contribution in [1.82, 2.24) is 14.9 Å². The van der Waals surface area contributed by atoms with Crippen LogP contribution >= 0.6 is 0 Å². The number of rotatable bonds is 7. The van der Waals surface area contributed by atoms with Crippen molar-refractivity contribution in [1.29, 1.82) is 0 Å². The molecular formula is C23H27N3O2. The molecule has 2 heterocycles. The van der Waals surface area contributed by atoms with Gasteiger partial charge in [0.15, 0.2) is 0 Å². The molecule has 0 radical (unpaired) electrons. The Labute approximate surface area is 165 Å². The third-order valence-electron chi connectivity index (χ3n) is 5.45. The van der Waals surface area contributed by atoms with Crippen LogP contribution < -0.4 is 15.6 Å². The molecule has 1 aromatic heterocycles. The molecule has 0 saturated carbocycles. The maximum Gasteiger partial charge on any atom is 0.261 e. The Bertz CT molecular complexity index is 962. The van der Waals surface area contributed by atoms with Gasteiger partial charge in [-0.1, -0.05) is 30.3 Å². The van der Waals surface area contributed by atoms with Crippen LogP contribution in [0.3, 0.4) is 0 Å². The molecule has 2 aromatic carbocycles. The molecule has 0 bridgehead atoms. The number of hydrogen-bond donors (Lipinski definition) is 1. The van der Waals surface area contributed by atoms with Crippen molar-refractivity contribution in [3.8, 4) is 5.75 Å². The molecule has 5 nitrogen and oxygen atoms in total. The van der Waals surface area contributed by atoms with Gasteiger partial charge in [0.1, 0.15) is 5.75 Å². The van der Waals surface area contributed by atoms with Crippen LogP contribution in [0.2, 0.25) is 0 Å². The molecule has 1 saturated heterocycles. The molecule has 4 rings (SSSR count). The van der Waals surface area contributed by atoms with E-state index < -0.39 is 0 Å². The molecule has 1 fully saturated rings. The number of nitrogens with one attached hydrogen (secondary N) is 1. The van der Waals surface area contributed by atoms with E-state index in [1.54, 1.807) is 10.9 Å². The van der Waals surface area contributed by atoms with Crippen LogP contribution in [0.25, 0.3) is 10.9 Å².